The highest BCUT2D eigenvalue weighted by Crippen LogP contribution is 2.39. The standard InChI is InChI=1S/C17H13Br2N3O2/c1-21-17(23)15-4-2-9-6-11(3-5-14(9)22-15)24-16-12(18)7-10(20)8-13(16)19/h2-8H,20H2,1H3,(H,21,23). The molecule has 7 heteroatoms. The molecule has 3 aromatic rings. The molecule has 1 amide bonds. The van der Waals surface area contributed by atoms with Gasteiger partial charge in [0.1, 0.15) is 11.4 Å². The summed E-state index contributed by atoms with van der Waals surface area (Å²) < 4.78 is 7.45. The molecular formula is C17H13Br2N3O2. The Labute approximate surface area is 155 Å². The van der Waals surface area contributed by atoms with Gasteiger partial charge in [0, 0.05) is 18.1 Å². The number of nitrogens with one attached hydrogen (secondary N) is 1. The van der Waals surface area contributed by atoms with E-state index in [2.05, 4.69) is 42.2 Å². The summed E-state index contributed by atoms with van der Waals surface area (Å²) in [5.74, 6) is 1.08. The van der Waals surface area contributed by atoms with E-state index in [1.54, 1.807) is 31.3 Å². The van der Waals surface area contributed by atoms with E-state index >= 15 is 0 Å². The number of fused-ring (bicyclic) bond motifs is 1. The Hall–Kier alpha value is -2.12. The molecule has 0 saturated heterocycles. The number of benzene rings is 2. The number of halogens is 2. The molecule has 0 spiro atoms. The maximum absolute atomic E-state index is 11.6. The first kappa shape index (κ1) is 16.7. The molecule has 0 bridgehead atoms. The SMILES string of the molecule is CNC(=O)c1ccc2cc(Oc3c(Br)cc(N)cc3Br)ccc2n1. The molecule has 24 heavy (non-hydrogen) atoms. The molecule has 1 aromatic heterocycles. The van der Waals surface area contributed by atoms with E-state index in [0.717, 1.165) is 19.8 Å². The second kappa shape index (κ2) is 6.78. The lowest BCUT2D eigenvalue weighted by atomic mass is 10.2. The number of nitrogens with two attached hydrogens (primary N) is 1. The Morgan fingerprint density at radius 2 is 1.83 bits per heavy atom. The zero-order valence-corrected chi connectivity index (χ0v) is 15.8. The smallest absolute Gasteiger partial charge is 0.269 e. The van der Waals surface area contributed by atoms with E-state index in [1.807, 2.05) is 18.2 Å². The van der Waals surface area contributed by atoms with Crippen molar-refractivity contribution < 1.29 is 9.53 Å². The molecule has 0 aliphatic carbocycles. The van der Waals surface area contributed by atoms with Gasteiger partial charge in [-0.25, -0.2) is 4.98 Å². The van der Waals surface area contributed by atoms with Crippen molar-refractivity contribution in [3.05, 3.63) is 57.1 Å². The van der Waals surface area contributed by atoms with Crippen LogP contribution in [0.2, 0.25) is 0 Å². The van der Waals surface area contributed by atoms with Gasteiger partial charge in [-0.1, -0.05) is 6.07 Å². The highest BCUT2D eigenvalue weighted by molar-refractivity contribution is 9.11. The number of carbonyl (C=O) groups excluding carboxylic acids is 1. The molecule has 1 heterocycles. The molecule has 3 N–H and O–H groups in total. The first-order valence-electron chi connectivity index (χ1n) is 7.03. The molecule has 0 radical (unpaired) electrons. The fourth-order valence-corrected chi connectivity index (χ4v) is 3.60. The van der Waals surface area contributed by atoms with Gasteiger partial charge < -0.3 is 15.8 Å². The van der Waals surface area contributed by atoms with Crippen LogP contribution in [0.25, 0.3) is 10.9 Å². The predicted octanol–water partition coefficient (Wildman–Crippen LogP) is 4.49. The van der Waals surface area contributed by atoms with Crippen LogP contribution in [0.4, 0.5) is 5.69 Å². The second-order valence-corrected chi connectivity index (χ2v) is 6.75. The summed E-state index contributed by atoms with van der Waals surface area (Å²) in [7, 11) is 1.58. The van der Waals surface area contributed by atoms with Crippen molar-refractivity contribution >= 4 is 54.4 Å². The average Bonchev–Trinajstić information content (AvgIpc) is 2.56. The van der Waals surface area contributed by atoms with Gasteiger partial charge in [-0.3, -0.25) is 4.79 Å². The molecular weight excluding hydrogens is 438 g/mol. The van der Waals surface area contributed by atoms with Crippen LogP contribution in [0, 0.1) is 0 Å². The highest BCUT2D eigenvalue weighted by Gasteiger charge is 2.11. The molecule has 3 rings (SSSR count). The third-order valence-corrected chi connectivity index (χ3v) is 4.54. The van der Waals surface area contributed by atoms with Gasteiger partial charge in [0.25, 0.3) is 5.91 Å². The largest absolute Gasteiger partial charge is 0.455 e. The Morgan fingerprint density at radius 1 is 1.12 bits per heavy atom. The van der Waals surface area contributed by atoms with Crippen molar-refractivity contribution in [1.29, 1.82) is 0 Å². The first-order valence-corrected chi connectivity index (χ1v) is 8.62. The number of carbonyl (C=O) groups is 1. The normalized spacial score (nSPS) is 10.6. The van der Waals surface area contributed by atoms with Gasteiger partial charge >= 0.3 is 0 Å². The number of aromatic nitrogens is 1. The molecule has 0 aliphatic rings. The zero-order chi connectivity index (χ0) is 17.3. The number of nitrogen functional groups attached to an aromatic ring is 1. The number of anilines is 1. The summed E-state index contributed by atoms with van der Waals surface area (Å²) in [6.07, 6.45) is 0. The Bertz CT molecular complexity index is 921. The van der Waals surface area contributed by atoms with Crippen LogP contribution in [0.5, 0.6) is 11.5 Å². The molecule has 0 unspecified atom stereocenters. The zero-order valence-electron chi connectivity index (χ0n) is 12.6. The number of pyridine rings is 1. The van der Waals surface area contributed by atoms with Gasteiger partial charge in [0.05, 0.1) is 14.5 Å². The van der Waals surface area contributed by atoms with E-state index in [0.29, 0.717) is 22.9 Å². The fraction of sp³-hybridized carbons (Fsp3) is 0.0588. The molecule has 5 nitrogen and oxygen atoms in total. The minimum absolute atomic E-state index is 0.216. The number of nitrogens with zero attached hydrogens (tertiary/aromatic N) is 1. The number of rotatable bonds is 3. The van der Waals surface area contributed by atoms with Crippen molar-refractivity contribution in [2.45, 2.75) is 0 Å². The highest BCUT2D eigenvalue weighted by atomic mass is 79.9. The van der Waals surface area contributed by atoms with E-state index in [-0.39, 0.29) is 5.91 Å². The third kappa shape index (κ3) is 3.37. The van der Waals surface area contributed by atoms with Gasteiger partial charge in [-0.15, -0.1) is 0 Å². The number of hydrogen-bond acceptors (Lipinski definition) is 4. The van der Waals surface area contributed by atoms with Crippen LogP contribution in [0.15, 0.2) is 51.4 Å². The van der Waals surface area contributed by atoms with Crippen molar-refractivity contribution in [3.63, 3.8) is 0 Å². The summed E-state index contributed by atoms with van der Waals surface area (Å²) in [6.45, 7) is 0. The third-order valence-electron chi connectivity index (χ3n) is 3.36. The average molecular weight is 451 g/mol. The molecule has 0 aliphatic heterocycles. The molecule has 0 fully saturated rings. The lowest BCUT2D eigenvalue weighted by Crippen LogP contribution is -2.18. The van der Waals surface area contributed by atoms with Gasteiger partial charge in [0.2, 0.25) is 0 Å². The maximum Gasteiger partial charge on any atom is 0.269 e. The van der Waals surface area contributed by atoms with Crippen LogP contribution in [0.3, 0.4) is 0 Å². The fourth-order valence-electron chi connectivity index (χ4n) is 2.22. The summed E-state index contributed by atoms with van der Waals surface area (Å²) in [5, 5.41) is 3.44. The minimum Gasteiger partial charge on any atom is -0.455 e. The molecule has 0 saturated carbocycles. The Kier molecular flexibility index (Phi) is 4.73. The molecule has 0 atom stereocenters. The van der Waals surface area contributed by atoms with Crippen molar-refractivity contribution in [1.82, 2.24) is 10.3 Å². The Morgan fingerprint density at radius 3 is 2.50 bits per heavy atom. The van der Waals surface area contributed by atoms with Crippen LogP contribution < -0.4 is 15.8 Å². The lowest BCUT2D eigenvalue weighted by molar-refractivity contribution is 0.0958. The maximum atomic E-state index is 11.6. The van der Waals surface area contributed by atoms with E-state index in [9.17, 15) is 4.79 Å². The summed E-state index contributed by atoms with van der Waals surface area (Å²) >= 11 is 6.89. The topological polar surface area (TPSA) is 77.2 Å². The quantitative estimate of drug-likeness (QED) is 0.576. The van der Waals surface area contributed by atoms with E-state index in [4.69, 9.17) is 10.5 Å². The van der Waals surface area contributed by atoms with Gasteiger partial charge in [-0.05, 0) is 68.3 Å². The summed E-state index contributed by atoms with van der Waals surface area (Å²) in [5.41, 5.74) is 7.52. The van der Waals surface area contributed by atoms with Crippen molar-refractivity contribution in [2.75, 3.05) is 12.8 Å². The van der Waals surface area contributed by atoms with E-state index in [1.165, 1.54) is 0 Å². The van der Waals surface area contributed by atoms with Crippen LogP contribution in [0.1, 0.15) is 10.5 Å². The monoisotopic (exact) mass is 449 g/mol. The summed E-state index contributed by atoms with van der Waals surface area (Å²) in [4.78, 5) is 16.0. The Balaban J connectivity index is 1.96. The van der Waals surface area contributed by atoms with Gasteiger partial charge in [-0.2, -0.15) is 0 Å². The lowest BCUT2D eigenvalue weighted by Gasteiger charge is -2.11. The predicted molar refractivity (Wildman–Crippen MR) is 101 cm³/mol. The van der Waals surface area contributed by atoms with Crippen LogP contribution in [-0.2, 0) is 0 Å². The van der Waals surface area contributed by atoms with Gasteiger partial charge in [0.15, 0.2) is 5.75 Å². The van der Waals surface area contributed by atoms with Crippen LogP contribution in [-0.4, -0.2) is 17.9 Å². The first-order chi connectivity index (χ1) is 11.5. The number of amides is 1. The number of ether oxygens (including phenoxy) is 1. The van der Waals surface area contributed by atoms with Crippen molar-refractivity contribution in [3.8, 4) is 11.5 Å². The molecule has 122 valence electrons. The van der Waals surface area contributed by atoms with Crippen LogP contribution >= 0.6 is 31.9 Å². The molecule has 2 aromatic carbocycles. The number of hydrogen-bond donors (Lipinski definition) is 2. The van der Waals surface area contributed by atoms with Crippen molar-refractivity contribution in [2.24, 2.45) is 0 Å². The van der Waals surface area contributed by atoms with E-state index < -0.39 is 0 Å². The minimum atomic E-state index is -0.216. The summed E-state index contributed by atoms with van der Waals surface area (Å²) in [6, 6.07) is 12.6. The second-order valence-electron chi connectivity index (χ2n) is 5.05.